The quantitative estimate of drug-likeness (QED) is 0.327. The van der Waals surface area contributed by atoms with Crippen molar-refractivity contribution in [1.82, 2.24) is 5.32 Å². The minimum Gasteiger partial charge on any atom is -0.495 e. The first-order chi connectivity index (χ1) is 13.8. The molecule has 0 bridgehead atoms. The summed E-state index contributed by atoms with van der Waals surface area (Å²) in [6.07, 6.45) is 1.26. The Kier molecular flexibility index (Phi) is 5.79. The maximum atomic E-state index is 13.0. The number of para-hydroxylation sites is 2. The summed E-state index contributed by atoms with van der Waals surface area (Å²) in [5.41, 5.74) is 0.190. The van der Waals surface area contributed by atoms with Gasteiger partial charge in [-0.05, 0) is 36.4 Å². The van der Waals surface area contributed by atoms with Gasteiger partial charge in [-0.3, -0.25) is 19.7 Å². The Balaban J connectivity index is 2.09. The number of hydrogen-bond acceptors (Lipinski definition) is 6. The highest BCUT2D eigenvalue weighted by Gasteiger charge is 2.38. The smallest absolute Gasteiger partial charge is 0.336 e. The van der Waals surface area contributed by atoms with Crippen LogP contribution in [0.25, 0.3) is 6.08 Å². The highest BCUT2D eigenvalue weighted by molar-refractivity contribution is 9.10. The average molecular weight is 459 g/mol. The monoisotopic (exact) mass is 458 g/mol. The van der Waals surface area contributed by atoms with Gasteiger partial charge in [-0.1, -0.05) is 28.1 Å². The van der Waals surface area contributed by atoms with E-state index in [-0.39, 0.29) is 22.8 Å². The number of anilines is 1. The van der Waals surface area contributed by atoms with Gasteiger partial charge < -0.3 is 9.47 Å². The van der Waals surface area contributed by atoms with Crippen LogP contribution >= 0.6 is 15.9 Å². The zero-order valence-corrected chi connectivity index (χ0v) is 17.0. The van der Waals surface area contributed by atoms with Gasteiger partial charge in [0.1, 0.15) is 17.1 Å². The van der Waals surface area contributed by atoms with E-state index in [0.717, 1.165) is 4.90 Å². The van der Waals surface area contributed by atoms with Crippen LogP contribution < -0.4 is 19.7 Å². The van der Waals surface area contributed by atoms with Crippen LogP contribution in [-0.4, -0.2) is 30.9 Å². The zero-order chi connectivity index (χ0) is 21.1. The first-order valence-electron chi connectivity index (χ1n) is 8.34. The summed E-state index contributed by atoms with van der Waals surface area (Å²) in [4.78, 5) is 49.9. The van der Waals surface area contributed by atoms with Crippen molar-refractivity contribution in [3.05, 3.63) is 58.1 Å². The van der Waals surface area contributed by atoms with E-state index in [4.69, 9.17) is 9.47 Å². The third-order valence-electron chi connectivity index (χ3n) is 3.95. The van der Waals surface area contributed by atoms with Crippen LogP contribution in [0.4, 0.5) is 10.5 Å². The summed E-state index contributed by atoms with van der Waals surface area (Å²) >= 11 is 3.30. The number of nitrogens with zero attached hydrogens (tertiary/aromatic N) is 1. The number of imide groups is 2. The first kappa shape index (κ1) is 20.3. The number of halogens is 1. The van der Waals surface area contributed by atoms with Gasteiger partial charge in [0.2, 0.25) is 0 Å². The van der Waals surface area contributed by atoms with E-state index in [1.165, 1.54) is 32.2 Å². The number of ether oxygens (including phenoxy) is 2. The lowest BCUT2D eigenvalue weighted by molar-refractivity contribution is -0.132. The molecule has 0 aromatic heterocycles. The maximum Gasteiger partial charge on any atom is 0.336 e. The van der Waals surface area contributed by atoms with Crippen molar-refractivity contribution in [3.8, 4) is 11.5 Å². The van der Waals surface area contributed by atoms with Crippen molar-refractivity contribution in [2.45, 2.75) is 6.92 Å². The average Bonchev–Trinajstić information content (AvgIpc) is 2.67. The van der Waals surface area contributed by atoms with Crippen LogP contribution in [-0.2, 0) is 14.4 Å². The standard InChI is InChI=1S/C20H15BrN2O6/c1-11(24)29-16-8-7-13(21)9-12(16)10-14-18(25)22-20(27)23(19(14)26)15-5-3-4-6-17(15)28-2/h3-10H,1-2H3,(H,22,25,27)/b14-10-. The number of barbiturate groups is 1. The lowest BCUT2D eigenvalue weighted by atomic mass is 10.1. The van der Waals surface area contributed by atoms with Crippen molar-refractivity contribution in [1.29, 1.82) is 0 Å². The topological polar surface area (TPSA) is 102 Å². The second-order valence-electron chi connectivity index (χ2n) is 5.91. The lowest BCUT2D eigenvalue weighted by Crippen LogP contribution is -2.54. The zero-order valence-electron chi connectivity index (χ0n) is 15.4. The summed E-state index contributed by atoms with van der Waals surface area (Å²) in [6, 6.07) is 10.3. The van der Waals surface area contributed by atoms with E-state index in [9.17, 15) is 19.2 Å². The van der Waals surface area contributed by atoms with E-state index in [1.54, 1.807) is 30.3 Å². The van der Waals surface area contributed by atoms with Gasteiger partial charge in [0.25, 0.3) is 11.8 Å². The molecule has 9 heteroatoms. The predicted octanol–water partition coefficient (Wildman–Crippen LogP) is 3.05. The molecule has 3 rings (SSSR count). The highest BCUT2D eigenvalue weighted by atomic mass is 79.9. The Morgan fingerprint density at radius 1 is 1.10 bits per heavy atom. The third-order valence-corrected chi connectivity index (χ3v) is 4.45. The van der Waals surface area contributed by atoms with Crippen molar-refractivity contribution in [3.63, 3.8) is 0 Å². The molecular weight excluding hydrogens is 444 g/mol. The molecule has 29 heavy (non-hydrogen) atoms. The summed E-state index contributed by atoms with van der Waals surface area (Å²) in [7, 11) is 1.40. The van der Waals surface area contributed by atoms with Crippen molar-refractivity contribution in [2.24, 2.45) is 0 Å². The number of hydrogen-bond donors (Lipinski definition) is 1. The first-order valence-corrected chi connectivity index (χ1v) is 9.13. The molecule has 0 spiro atoms. The molecule has 2 aromatic carbocycles. The number of methoxy groups -OCH3 is 1. The van der Waals surface area contributed by atoms with E-state index in [1.807, 2.05) is 0 Å². The van der Waals surface area contributed by atoms with Gasteiger partial charge >= 0.3 is 12.0 Å². The number of amides is 4. The highest BCUT2D eigenvalue weighted by Crippen LogP contribution is 2.32. The molecule has 148 valence electrons. The Morgan fingerprint density at radius 3 is 2.52 bits per heavy atom. The SMILES string of the molecule is COc1ccccc1N1C(=O)NC(=O)/C(=C/c2cc(Br)ccc2OC(C)=O)C1=O. The number of nitrogens with one attached hydrogen (secondary N) is 1. The summed E-state index contributed by atoms with van der Waals surface area (Å²) < 4.78 is 11.0. The van der Waals surface area contributed by atoms with Crippen LogP contribution in [0.2, 0.25) is 0 Å². The third kappa shape index (κ3) is 4.19. The fraction of sp³-hybridized carbons (Fsp3) is 0.100. The second kappa shape index (κ2) is 8.27. The minimum atomic E-state index is -0.892. The van der Waals surface area contributed by atoms with E-state index in [0.29, 0.717) is 10.0 Å². The van der Waals surface area contributed by atoms with E-state index < -0.39 is 23.8 Å². The van der Waals surface area contributed by atoms with Crippen LogP contribution in [0.3, 0.4) is 0 Å². The van der Waals surface area contributed by atoms with Gasteiger partial charge in [-0.15, -0.1) is 0 Å². The van der Waals surface area contributed by atoms with Gasteiger partial charge in [-0.25, -0.2) is 9.69 Å². The van der Waals surface area contributed by atoms with Crippen LogP contribution in [0.1, 0.15) is 12.5 Å². The van der Waals surface area contributed by atoms with Crippen molar-refractivity contribution in [2.75, 3.05) is 12.0 Å². The number of esters is 1. The fourth-order valence-corrected chi connectivity index (χ4v) is 3.10. The van der Waals surface area contributed by atoms with Gasteiger partial charge in [-0.2, -0.15) is 0 Å². The molecule has 1 fully saturated rings. The summed E-state index contributed by atoms with van der Waals surface area (Å²) in [5.74, 6) is -1.81. The molecule has 1 aliphatic rings. The Morgan fingerprint density at radius 2 is 1.83 bits per heavy atom. The molecule has 1 N–H and O–H groups in total. The van der Waals surface area contributed by atoms with Crippen LogP contribution in [0.15, 0.2) is 52.5 Å². The predicted molar refractivity (Wildman–Crippen MR) is 107 cm³/mol. The molecular formula is C20H15BrN2O6. The van der Waals surface area contributed by atoms with Gasteiger partial charge in [0.15, 0.2) is 0 Å². The molecule has 1 saturated heterocycles. The van der Waals surface area contributed by atoms with Gasteiger partial charge in [0.05, 0.1) is 12.8 Å². The molecule has 1 heterocycles. The normalized spacial score (nSPS) is 15.3. The molecule has 0 saturated carbocycles. The number of carbonyl (C=O) groups excluding carboxylic acids is 4. The molecule has 0 atom stereocenters. The molecule has 4 amide bonds. The van der Waals surface area contributed by atoms with E-state index >= 15 is 0 Å². The summed E-state index contributed by atoms with van der Waals surface area (Å²) in [5, 5.41) is 2.14. The van der Waals surface area contributed by atoms with Gasteiger partial charge in [0, 0.05) is 17.0 Å². The fourth-order valence-electron chi connectivity index (χ4n) is 2.73. The second-order valence-corrected chi connectivity index (χ2v) is 6.82. The number of carbonyl (C=O) groups is 4. The Labute approximate surface area is 174 Å². The number of benzene rings is 2. The van der Waals surface area contributed by atoms with E-state index in [2.05, 4.69) is 21.2 Å². The Bertz CT molecular complexity index is 1060. The molecule has 8 nitrogen and oxygen atoms in total. The largest absolute Gasteiger partial charge is 0.495 e. The number of urea groups is 1. The summed E-state index contributed by atoms with van der Waals surface area (Å²) in [6.45, 7) is 1.24. The number of rotatable bonds is 4. The lowest BCUT2D eigenvalue weighted by Gasteiger charge is -2.27. The Hall–Kier alpha value is -3.46. The molecule has 0 radical (unpaired) electrons. The molecule has 0 aliphatic carbocycles. The van der Waals surface area contributed by atoms with Crippen molar-refractivity contribution >= 4 is 51.5 Å². The molecule has 2 aromatic rings. The van der Waals surface area contributed by atoms with Crippen LogP contribution in [0.5, 0.6) is 11.5 Å². The molecule has 1 aliphatic heterocycles. The minimum absolute atomic E-state index is 0.162. The van der Waals surface area contributed by atoms with Crippen molar-refractivity contribution < 1.29 is 28.7 Å². The van der Waals surface area contributed by atoms with Crippen LogP contribution in [0, 0.1) is 0 Å². The maximum absolute atomic E-state index is 13.0. The molecule has 0 unspecified atom stereocenters.